The van der Waals surface area contributed by atoms with Gasteiger partial charge in [-0.25, -0.2) is 14.0 Å². The topological polar surface area (TPSA) is 104 Å². The van der Waals surface area contributed by atoms with E-state index in [1.54, 1.807) is 0 Å². The summed E-state index contributed by atoms with van der Waals surface area (Å²) in [5, 5.41) is 14.2. The average molecular weight is 295 g/mol. The normalized spacial score (nSPS) is 21.6. The van der Waals surface area contributed by atoms with Crippen molar-refractivity contribution >= 4 is 17.7 Å². The SMILES string of the molecule is NC1CCCCC1NC(=O)Nc1ccc(F)cc1C(=O)O. The van der Waals surface area contributed by atoms with Gasteiger partial charge in [-0.1, -0.05) is 12.8 Å². The third-order valence-electron chi connectivity index (χ3n) is 3.60. The molecular weight excluding hydrogens is 277 g/mol. The smallest absolute Gasteiger partial charge is 0.337 e. The summed E-state index contributed by atoms with van der Waals surface area (Å²) in [5.41, 5.74) is 5.69. The highest BCUT2D eigenvalue weighted by Gasteiger charge is 2.23. The van der Waals surface area contributed by atoms with E-state index in [9.17, 15) is 14.0 Å². The van der Waals surface area contributed by atoms with Crippen molar-refractivity contribution in [3.05, 3.63) is 29.6 Å². The number of carboxylic acids is 1. The van der Waals surface area contributed by atoms with Crippen LogP contribution in [0.4, 0.5) is 14.9 Å². The number of urea groups is 1. The van der Waals surface area contributed by atoms with Crippen LogP contribution in [0.3, 0.4) is 0 Å². The molecular formula is C14H18FN3O3. The first-order valence-corrected chi connectivity index (χ1v) is 6.83. The van der Waals surface area contributed by atoms with Gasteiger partial charge in [0, 0.05) is 12.1 Å². The molecule has 2 amide bonds. The number of benzene rings is 1. The lowest BCUT2D eigenvalue weighted by Gasteiger charge is -2.29. The first kappa shape index (κ1) is 15.2. The molecule has 0 radical (unpaired) electrons. The van der Waals surface area contributed by atoms with Gasteiger partial charge in [0.15, 0.2) is 0 Å². The van der Waals surface area contributed by atoms with Crippen LogP contribution in [0.25, 0.3) is 0 Å². The molecule has 1 aliphatic carbocycles. The standard InChI is InChI=1S/C14H18FN3O3/c15-8-5-6-11(9(7-8)13(19)20)17-14(21)18-12-4-2-1-3-10(12)16/h5-7,10,12H,1-4,16H2,(H,19,20)(H2,17,18,21). The van der Waals surface area contributed by atoms with Gasteiger partial charge in [0.2, 0.25) is 0 Å². The van der Waals surface area contributed by atoms with E-state index < -0.39 is 17.8 Å². The molecule has 0 spiro atoms. The summed E-state index contributed by atoms with van der Waals surface area (Å²) >= 11 is 0. The summed E-state index contributed by atoms with van der Waals surface area (Å²) in [5.74, 6) is -1.98. The minimum Gasteiger partial charge on any atom is -0.478 e. The van der Waals surface area contributed by atoms with E-state index in [-0.39, 0.29) is 23.3 Å². The number of nitrogens with two attached hydrogens (primary N) is 1. The van der Waals surface area contributed by atoms with Crippen molar-refractivity contribution in [3.63, 3.8) is 0 Å². The fraction of sp³-hybridized carbons (Fsp3) is 0.429. The minimum atomic E-state index is -1.31. The summed E-state index contributed by atoms with van der Waals surface area (Å²) in [4.78, 5) is 23.0. The molecule has 1 fully saturated rings. The van der Waals surface area contributed by atoms with Gasteiger partial charge >= 0.3 is 12.0 Å². The van der Waals surface area contributed by atoms with Crippen LogP contribution >= 0.6 is 0 Å². The molecule has 1 aliphatic rings. The molecule has 114 valence electrons. The zero-order valence-corrected chi connectivity index (χ0v) is 11.4. The minimum absolute atomic E-state index is 0.0470. The number of carbonyl (C=O) groups excluding carboxylic acids is 1. The molecule has 0 saturated heterocycles. The quantitative estimate of drug-likeness (QED) is 0.683. The van der Waals surface area contributed by atoms with Crippen LogP contribution in [-0.2, 0) is 0 Å². The highest BCUT2D eigenvalue weighted by Crippen LogP contribution is 2.19. The van der Waals surface area contributed by atoms with E-state index in [0.29, 0.717) is 0 Å². The predicted molar refractivity (Wildman–Crippen MR) is 75.7 cm³/mol. The lowest BCUT2D eigenvalue weighted by Crippen LogP contribution is -2.50. The Labute approximate surface area is 121 Å². The van der Waals surface area contributed by atoms with Crippen molar-refractivity contribution in [1.29, 1.82) is 0 Å². The molecule has 0 bridgehead atoms. The monoisotopic (exact) mass is 295 g/mol. The molecule has 0 heterocycles. The van der Waals surface area contributed by atoms with Crippen LogP contribution in [0.2, 0.25) is 0 Å². The van der Waals surface area contributed by atoms with Gasteiger partial charge in [-0.2, -0.15) is 0 Å². The summed E-state index contributed by atoms with van der Waals surface area (Å²) in [6.07, 6.45) is 3.68. The predicted octanol–water partition coefficient (Wildman–Crippen LogP) is 1.92. The lowest BCUT2D eigenvalue weighted by molar-refractivity contribution is 0.0697. The van der Waals surface area contributed by atoms with Gasteiger partial charge in [-0.05, 0) is 31.0 Å². The van der Waals surface area contributed by atoms with Crippen molar-refractivity contribution < 1.29 is 19.1 Å². The molecule has 21 heavy (non-hydrogen) atoms. The van der Waals surface area contributed by atoms with Gasteiger partial charge in [-0.15, -0.1) is 0 Å². The maximum absolute atomic E-state index is 13.1. The second-order valence-electron chi connectivity index (χ2n) is 5.15. The molecule has 6 nitrogen and oxygen atoms in total. The number of carbonyl (C=O) groups is 2. The van der Waals surface area contributed by atoms with Crippen LogP contribution in [0.1, 0.15) is 36.0 Å². The van der Waals surface area contributed by atoms with Crippen molar-refractivity contribution in [2.45, 2.75) is 37.8 Å². The Kier molecular flexibility index (Phi) is 4.74. The Hall–Kier alpha value is -2.15. The van der Waals surface area contributed by atoms with Gasteiger partial charge in [0.05, 0.1) is 11.3 Å². The van der Waals surface area contributed by atoms with E-state index in [1.165, 1.54) is 6.07 Å². The van der Waals surface area contributed by atoms with Gasteiger partial charge < -0.3 is 21.5 Å². The molecule has 1 aromatic carbocycles. The molecule has 0 aliphatic heterocycles. The third kappa shape index (κ3) is 3.91. The zero-order chi connectivity index (χ0) is 15.4. The van der Waals surface area contributed by atoms with Crippen LogP contribution < -0.4 is 16.4 Å². The first-order chi connectivity index (χ1) is 9.97. The van der Waals surface area contributed by atoms with E-state index in [0.717, 1.165) is 37.8 Å². The second-order valence-corrected chi connectivity index (χ2v) is 5.15. The number of amides is 2. The molecule has 1 aromatic rings. The second kappa shape index (κ2) is 6.53. The molecule has 2 unspecified atom stereocenters. The van der Waals surface area contributed by atoms with Crippen LogP contribution in [0, 0.1) is 5.82 Å². The molecule has 2 atom stereocenters. The Morgan fingerprint density at radius 1 is 1.29 bits per heavy atom. The van der Waals surface area contributed by atoms with Crippen molar-refractivity contribution in [3.8, 4) is 0 Å². The Morgan fingerprint density at radius 3 is 2.67 bits per heavy atom. The van der Waals surface area contributed by atoms with Gasteiger partial charge in [0.1, 0.15) is 5.82 Å². The Balaban J connectivity index is 2.04. The largest absolute Gasteiger partial charge is 0.478 e. The van der Waals surface area contributed by atoms with E-state index in [2.05, 4.69) is 10.6 Å². The fourth-order valence-electron chi connectivity index (χ4n) is 2.47. The number of aromatic carboxylic acids is 1. The molecule has 2 rings (SSSR count). The van der Waals surface area contributed by atoms with Crippen LogP contribution in [0.5, 0.6) is 0 Å². The highest BCUT2D eigenvalue weighted by molar-refractivity contribution is 6.00. The first-order valence-electron chi connectivity index (χ1n) is 6.83. The van der Waals surface area contributed by atoms with Crippen molar-refractivity contribution in [2.24, 2.45) is 5.73 Å². The number of anilines is 1. The lowest BCUT2D eigenvalue weighted by atomic mass is 9.91. The van der Waals surface area contributed by atoms with Crippen molar-refractivity contribution in [2.75, 3.05) is 5.32 Å². The summed E-state index contributed by atoms with van der Waals surface area (Å²) < 4.78 is 13.1. The number of hydrogen-bond donors (Lipinski definition) is 4. The number of hydrogen-bond acceptors (Lipinski definition) is 3. The maximum atomic E-state index is 13.1. The van der Waals surface area contributed by atoms with E-state index in [4.69, 9.17) is 10.8 Å². The maximum Gasteiger partial charge on any atom is 0.337 e. The molecule has 0 aromatic heterocycles. The van der Waals surface area contributed by atoms with Gasteiger partial charge in [-0.3, -0.25) is 0 Å². The van der Waals surface area contributed by atoms with Crippen LogP contribution in [-0.4, -0.2) is 29.2 Å². The number of rotatable bonds is 3. The Bertz CT molecular complexity index is 550. The fourth-order valence-corrected chi connectivity index (χ4v) is 2.47. The number of halogens is 1. The summed E-state index contributed by atoms with van der Waals surface area (Å²) in [6.45, 7) is 0. The van der Waals surface area contributed by atoms with Crippen molar-refractivity contribution in [1.82, 2.24) is 5.32 Å². The van der Waals surface area contributed by atoms with Gasteiger partial charge in [0.25, 0.3) is 0 Å². The highest BCUT2D eigenvalue weighted by atomic mass is 19.1. The summed E-state index contributed by atoms with van der Waals surface area (Å²) in [6, 6.07) is 2.41. The third-order valence-corrected chi connectivity index (χ3v) is 3.60. The number of carboxylic acid groups (broad SMARTS) is 1. The molecule has 1 saturated carbocycles. The zero-order valence-electron chi connectivity index (χ0n) is 11.4. The average Bonchev–Trinajstić information content (AvgIpc) is 2.43. The number of nitrogens with one attached hydrogen (secondary N) is 2. The summed E-state index contributed by atoms with van der Waals surface area (Å²) in [7, 11) is 0. The van der Waals surface area contributed by atoms with E-state index in [1.807, 2.05) is 0 Å². The Morgan fingerprint density at radius 2 is 2.00 bits per heavy atom. The molecule has 7 heteroatoms. The van der Waals surface area contributed by atoms with E-state index >= 15 is 0 Å². The molecule has 5 N–H and O–H groups in total. The van der Waals surface area contributed by atoms with Crippen LogP contribution in [0.15, 0.2) is 18.2 Å².